The van der Waals surface area contributed by atoms with Gasteiger partial charge in [-0.15, -0.1) is 0 Å². The first-order valence-corrected chi connectivity index (χ1v) is 11.1. The summed E-state index contributed by atoms with van der Waals surface area (Å²) < 4.78 is 6.06. The van der Waals surface area contributed by atoms with Crippen LogP contribution >= 0.6 is 0 Å². The Morgan fingerprint density at radius 2 is 1.89 bits per heavy atom. The molecule has 0 aromatic rings. The molecular formula is C24H34O3. The fourth-order valence-electron chi connectivity index (χ4n) is 8.46. The lowest BCUT2D eigenvalue weighted by Crippen LogP contribution is -2.56. The highest BCUT2D eigenvalue weighted by Gasteiger charge is 2.71. The maximum Gasteiger partial charge on any atom is 0.303 e. The maximum atomic E-state index is 12.1. The van der Waals surface area contributed by atoms with Gasteiger partial charge in [-0.1, -0.05) is 26.3 Å². The highest BCUT2D eigenvalue weighted by Crippen LogP contribution is 2.75. The van der Waals surface area contributed by atoms with Gasteiger partial charge in [-0.25, -0.2) is 0 Å². The van der Waals surface area contributed by atoms with Gasteiger partial charge in [0.2, 0.25) is 0 Å². The van der Waals surface area contributed by atoms with E-state index in [0.717, 1.165) is 31.1 Å². The molecule has 0 aromatic heterocycles. The molecule has 0 N–H and O–H groups in total. The minimum absolute atomic E-state index is 0.0778. The van der Waals surface area contributed by atoms with Gasteiger partial charge >= 0.3 is 5.97 Å². The number of hydrogen-bond acceptors (Lipinski definition) is 3. The van der Waals surface area contributed by atoms with Gasteiger partial charge in [0.15, 0.2) is 5.78 Å². The number of ether oxygens (including phenoxy) is 1. The number of allylic oxidation sites excluding steroid dienone is 1. The summed E-state index contributed by atoms with van der Waals surface area (Å²) in [6.07, 6.45) is 8.62. The van der Waals surface area contributed by atoms with E-state index in [0.29, 0.717) is 29.5 Å². The number of ketones is 1. The van der Waals surface area contributed by atoms with E-state index in [1.54, 1.807) is 6.92 Å². The van der Waals surface area contributed by atoms with Gasteiger partial charge in [-0.2, -0.15) is 0 Å². The molecule has 0 radical (unpaired) electrons. The second kappa shape index (κ2) is 5.27. The monoisotopic (exact) mass is 370 g/mol. The molecule has 0 spiro atoms. The third kappa shape index (κ3) is 2.09. The number of hydrogen-bond donors (Lipinski definition) is 0. The molecule has 9 atom stereocenters. The summed E-state index contributed by atoms with van der Waals surface area (Å²) in [6, 6.07) is 0. The number of rotatable bonds is 1. The molecule has 0 bridgehead atoms. The average Bonchev–Trinajstić information content (AvgIpc) is 3.34. The van der Waals surface area contributed by atoms with Crippen LogP contribution in [0.15, 0.2) is 11.6 Å². The normalized spacial score (nSPS) is 55.6. The summed E-state index contributed by atoms with van der Waals surface area (Å²) in [4.78, 5) is 24.1. The SMILES string of the molecule is CC(=O)O[C@@]1(C)C(C)CC2C3C4CC4C4=CC(=O)CCC4(C)C3CCC21C. The molecule has 0 aliphatic heterocycles. The summed E-state index contributed by atoms with van der Waals surface area (Å²) in [5.74, 6) is 4.12. The molecule has 5 rings (SSSR count). The molecule has 3 nitrogen and oxygen atoms in total. The van der Waals surface area contributed by atoms with Crippen LogP contribution in [0.5, 0.6) is 0 Å². The van der Waals surface area contributed by atoms with Crippen LogP contribution in [0.3, 0.4) is 0 Å². The van der Waals surface area contributed by atoms with Crippen molar-refractivity contribution in [2.75, 3.05) is 0 Å². The molecule has 27 heavy (non-hydrogen) atoms. The smallest absolute Gasteiger partial charge is 0.303 e. The van der Waals surface area contributed by atoms with Crippen molar-refractivity contribution in [3.8, 4) is 0 Å². The minimum Gasteiger partial charge on any atom is -0.459 e. The van der Waals surface area contributed by atoms with E-state index >= 15 is 0 Å². The Hall–Kier alpha value is -1.12. The maximum absolute atomic E-state index is 12.1. The Morgan fingerprint density at radius 3 is 2.59 bits per heavy atom. The van der Waals surface area contributed by atoms with E-state index in [1.807, 2.05) is 6.08 Å². The Bertz CT molecular complexity index is 753. The van der Waals surface area contributed by atoms with Crippen molar-refractivity contribution in [3.63, 3.8) is 0 Å². The van der Waals surface area contributed by atoms with Crippen molar-refractivity contribution < 1.29 is 14.3 Å². The Balaban J connectivity index is 1.55. The van der Waals surface area contributed by atoms with E-state index in [9.17, 15) is 9.59 Å². The fraction of sp³-hybridized carbons (Fsp3) is 0.833. The molecule has 148 valence electrons. The van der Waals surface area contributed by atoms with E-state index < -0.39 is 0 Å². The largest absolute Gasteiger partial charge is 0.459 e. The summed E-state index contributed by atoms with van der Waals surface area (Å²) >= 11 is 0. The molecule has 4 fully saturated rings. The van der Waals surface area contributed by atoms with Crippen LogP contribution in [0.1, 0.15) is 73.1 Å². The molecule has 5 aliphatic rings. The highest BCUT2D eigenvalue weighted by atomic mass is 16.6. The van der Waals surface area contributed by atoms with Crippen LogP contribution < -0.4 is 0 Å². The lowest BCUT2D eigenvalue weighted by Gasteiger charge is -2.59. The van der Waals surface area contributed by atoms with Gasteiger partial charge in [-0.3, -0.25) is 9.59 Å². The van der Waals surface area contributed by atoms with Crippen LogP contribution in [0.4, 0.5) is 0 Å². The number of fused-ring (bicyclic) bond motifs is 8. The summed E-state index contributed by atoms with van der Waals surface area (Å²) in [5, 5.41) is 0. The fourth-order valence-corrected chi connectivity index (χ4v) is 8.46. The van der Waals surface area contributed by atoms with Crippen LogP contribution in [-0.2, 0) is 14.3 Å². The molecule has 5 aliphatic carbocycles. The predicted octanol–water partition coefficient (Wildman–Crippen LogP) is 4.94. The van der Waals surface area contributed by atoms with Crippen LogP contribution in [0, 0.1) is 46.3 Å². The van der Waals surface area contributed by atoms with Gasteiger partial charge in [-0.05, 0) is 86.0 Å². The molecule has 8 unspecified atom stereocenters. The third-order valence-corrected chi connectivity index (χ3v) is 10.2. The Morgan fingerprint density at radius 1 is 1.15 bits per heavy atom. The van der Waals surface area contributed by atoms with Crippen molar-refractivity contribution in [3.05, 3.63) is 11.6 Å². The van der Waals surface area contributed by atoms with Gasteiger partial charge < -0.3 is 4.74 Å². The van der Waals surface area contributed by atoms with E-state index in [-0.39, 0.29) is 22.4 Å². The van der Waals surface area contributed by atoms with Crippen LogP contribution in [-0.4, -0.2) is 17.4 Å². The van der Waals surface area contributed by atoms with Crippen molar-refractivity contribution in [1.82, 2.24) is 0 Å². The van der Waals surface area contributed by atoms with Crippen molar-refractivity contribution in [2.45, 2.75) is 78.7 Å². The summed E-state index contributed by atoms with van der Waals surface area (Å²) in [5.41, 5.74) is 1.45. The van der Waals surface area contributed by atoms with Crippen molar-refractivity contribution in [1.29, 1.82) is 0 Å². The zero-order valence-electron chi connectivity index (χ0n) is 17.5. The second-order valence-corrected chi connectivity index (χ2v) is 11.1. The quantitative estimate of drug-likeness (QED) is 0.614. The molecule has 0 saturated heterocycles. The standard InChI is InChI=1S/C24H34O3/c1-13-10-20-21-17-12-16(17)19-11-15(26)6-8-22(19,3)18(21)7-9-23(20,4)24(13,5)27-14(2)25/h11,13,16-18,20-21H,6-10,12H2,1-5H3/t13?,16?,17?,18?,20?,21?,22?,23?,24-/m0/s1. The van der Waals surface area contributed by atoms with Gasteiger partial charge in [0.1, 0.15) is 5.60 Å². The van der Waals surface area contributed by atoms with Crippen molar-refractivity contribution in [2.24, 2.45) is 46.3 Å². The Labute approximate surface area is 163 Å². The number of esters is 1. The molecule has 0 heterocycles. The van der Waals surface area contributed by atoms with Gasteiger partial charge in [0.05, 0.1) is 0 Å². The lowest BCUT2D eigenvalue weighted by molar-refractivity contribution is -0.184. The number of carbonyl (C=O) groups is 2. The van der Waals surface area contributed by atoms with Crippen molar-refractivity contribution >= 4 is 11.8 Å². The molecular weight excluding hydrogens is 336 g/mol. The highest BCUT2D eigenvalue weighted by molar-refractivity contribution is 5.92. The third-order valence-electron chi connectivity index (χ3n) is 10.2. The lowest BCUT2D eigenvalue weighted by atomic mass is 9.46. The summed E-state index contributed by atoms with van der Waals surface area (Å²) in [7, 11) is 0. The minimum atomic E-state index is -0.349. The number of carbonyl (C=O) groups excluding carboxylic acids is 2. The first-order chi connectivity index (χ1) is 12.6. The zero-order chi connectivity index (χ0) is 19.4. The average molecular weight is 371 g/mol. The zero-order valence-corrected chi connectivity index (χ0v) is 17.5. The van der Waals surface area contributed by atoms with E-state index in [2.05, 4.69) is 27.7 Å². The van der Waals surface area contributed by atoms with Gasteiger partial charge in [0, 0.05) is 18.8 Å². The van der Waals surface area contributed by atoms with Crippen LogP contribution in [0.2, 0.25) is 0 Å². The first kappa shape index (κ1) is 17.9. The molecule has 0 amide bonds. The van der Waals surface area contributed by atoms with Gasteiger partial charge in [0.25, 0.3) is 0 Å². The Kier molecular flexibility index (Phi) is 3.50. The molecule has 3 heteroatoms. The topological polar surface area (TPSA) is 43.4 Å². The predicted molar refractivity (Wildman–Crippen MR) is 104 cm³/mol. The van der Waals surface area contributed by atoms with E-state index in [1.165, 1.54) is 24.8 Å². The molecule has 4 saturated carbocycles. The van der Waals surface area contributed by atoms with Crippen LogP contribution in [0.25, 0.3) is 0 Å². The second-order valence-electron chi connectivity index (χ2n) is 11.1. The summed E-state index contributed by atoms with van der Waals surface area (Å²) in [6.45, 7) is 10.9. The van der Waals surface area contributed by atoms with E-state index in [4.69, 9.17) is 4.74 Å². The molecule has 0 aromatic carbocycles. The first-order valence-electron chi connectivity index (χ1n) is 11.1.